The van der Waals surface area contributed by atoms with Gasteiger partial charge in [-0.3, -0.25) is 4.79 Å². The fraction of sp³-hybridized carbons (Fsp3) is 0.533. The Labute approximate surface area is 145 Å². The van der Waals surface area contributed by atoms with E-state index in [4.69, 9.17) is 5.73 Å². The quantitative estimate of drug-likeness (QED) is 0.786. The first-order valence-electron chi connectivity index (χ1n) is 7.67. The van der Waals surface area contributed by atoms with Gasteiger partial charge >= 0.3 is 0 Å². The first kappa shape index (κ1) is 18.4. The highest BCUT2D eigenvalue weighted by atomic mass is 79.9. The van der Waals surface area contributed by atoms with Crippen LogP contribution in [0.2, 0.25) is 0 Å². The maximum absolute atomic E-state index is 12.9. The monoisotopic (exact) mass is 403 g/mol. The van der Waals surface area contributed by atoms with Gasteiger partial charge in [0.2, 0.25) is 5.91 Å². The molecular weight excluding hydrogens is 382 g/mol. The zero-order valence-corrected chi connectivity index (χ0v) is 15.4. The van der Waals surface area contributed by atoms with Gasteiger partial charge in [-0.05, 0) is 30.5 Å². The molecule has 6 nitrogen and oxygen atoms in total. The largest absolute Gasteiger partial charge is 0.369 e. The van der Waals surface area contributed by atoms with E-state index in [9.17, 15) is 13.2 Å². The van der Waals surface area contributed by atoms with Crippen LogP contribution < -0.4 is 5.73 Å². The normalized spacial score (nSPS) is 17.1. The molecule has 23 heavy (non-hydrogen) atoms. The maximum Gasteiger partial charge on any atom is 0.282 e. The predicted molar refractivity (Wildman–Crippen MR) is 92.7 cm³/mol. The molecule has 8 heteroatoms. The Balaban J connectivity index is 2.21. The van der Waals surface area contributed by atoms with E-state index >= 15 is 0 Å². The number of hydrogen-bond donors (Lipinski definition) is 1. The Morgan fingerprint density at radius 2 is 1.70 bits per heavy atom. The van der Waals surface area contributed by atoms with Crippen LogP contribution in [0.3, 0.4) is 0 Å². The van der Waals surface area contributed by atoms with Gasteiger partial charge in [-0.25, -0.2) is 0 Å². The minimum atomic E-state index is -3.70. The molecule has 1 fully saturated rings. The summed E-state index contributed by atoms with van der Waals surface area (Å²) in [6, 6.07) is 7.35. The molecule has 1 aromatic carbocycles. The smallest absolute Gasteiger partial charge is 0.282 e. The third-order valence-electron chi connectivity index (χ3n) is 3.82. The van der Waals surface area contributed by atoms with E-state index in [-0.39, 0.29) is 13.1 Å². The first-order valence-corrected chi connectivity index (χ1v) is 9.86. The average molecular weight is 404 g/mol. The van der Waals surface area contributed by atoms with E-state index in [1.54, 1.807) is 0 Å². The fourth-order valence-corrected chi connectivity index (χ4v) is 4.54. The standard InChI is InChI=1S/C15H22BrN3O3S/c16-14-7-5-13(6-8-14)11-19(12-15(17)20)23(21,22)18-9-3-1-2-4-10-18/h5-8H,1-4,9-12H2,(H2,17,20). The zero-order chi connectivity index (χ0) is 16.9. The molecule has 0 atom stereocenters. The van der Waals surface area contributed by atoms with E-state index in [0.717, 1.165) is 35.7 Å². The molecule has 1 saturated heterocycles. The Kier molecular flexibility index (Phi) is 6.58. The van der Waals surface area contributed by atoms with Crippen molar-refractivity contribution >= 4 is 32.0 Å². The molecule has 1 heterocycles. The number of rotatable bonds is 6. The Hall–Kier alpha value is -0.960. The predicted octanol–water partition coefficient (Wildman–Crippen LogP) is 1.86. The van der Waals surface area contributed by atoms with Crippen LogP contribution in [-0.2, 0) is 21.5 Å². The minimum absolute atomic E-state index is 0.134. The Morgan fingerprint density at radius 1 is 1.13 bits per heavy atom. The number of carbonyl (C=O) groups excluding carboxylic acids is 1. The van der Waals surface area contributed by atoms with E-state index in [1.807, 2.05) is 24.3 Å². The minimum Gasteiger partial charge on any atom is -0.369 e. The van der Waals surface area contributed by atoms with Gasteiger partial charge in [-0.1, -0.05) is 40.9 Å². The molecule has 0 radical (unpaired) electrons. The van der Waals surface area contributed by atoms with Gasteiger partial charge in [0.1, 0.15) is 0 Å². The van der Waals surface area contributed by atoms with Crippen LogP contribution in [-0.4, -0.2) is 42.6 Å². The second-order valence-corrected chi connectivity index (χ2v) is 8.53. The van der Waals surface area contributed by atoms with Crippen LogP contribution >= 0.6 is 15.9 Å². The highest BCUT2D eigenvalue weighted by molar-refractivity contribution is 9.10. The lowest BCUT2D eigenvalue weighted by atomic mass is 10.2. The van der Waals surface area contributed by atoms with Crippen molar-refractivity contribution in [1.29, 1.82) is 0 Å². The van der Waals surface area contributed by atoms with Crippen LogP contribution in [0.4, 0.5) is 0 Å². The summed E-state index contributed by atoms with van der Waals surface area (Å²) in [7, 11) is -3.70. The second kappa shape index (κ2) is 8.23. The van der Waals surface area contributed by atoms with Gasteiger partial charge in [-0.15, -0.1) is 0 Å². The molecule has 1 aliphatic heterocycles. The van der Waals surface area contributed by atoms with E-state index in [0.29, 0.717) is 13.1 Å². The molecule has 0 spiro atoms. The molecule has 2 rings (SSSR count). The lowest BCUT2D eigenvalue weighted by Crippen LogP contribution is -2.47. The number of hydrogen-bond acceptors (Lipinski definition) is 3. The summed E-state index contributed by atoms with van der Waals surface area (Å²) < 4.78 is 29.3. The van der Waals surface area contributed by atoms with Crippen molar-refractivity contribution in [2.45, 2.75) is 32.2 Å². The molecule has 0 bridgehead atoms. The summed E-state index contributed by atoms with van der Waals surface area (Å²) in [5.41, 5.74) is 6.07. The van der Waals surface area contributed by atoms with Crippen molar-refractivity contribution < 1.29 is 13.2 Å². The number of primary amides is 1. The number of carbonyl (C=O) groups is 1. The molecule has 0 saturated carbocycles. The first-order chi connectivity index (χ1) is 10.9. The maximum atomic E-state index is 12.9. The van der Waals surface area contributed by atoms with Crippen molar-refractivity contribution in [3.05, 3.63) is 34.3 Å². The van der Waals surface area contributed by atoms with Crippen LogP contribution in [0, 0.1) is 0 Å². The molecule has 1 amide bonds. The van der Waals surface area contributed by atoms with Crippen molar-refractivity contribution in [3.63, 3.8) is 0 Å². The summed E-state index contributed by atoms with van der Waals surface area (Å²) in [4.78, 5) is 11.3. The topological polar surface area (TPSA) is 83.7 Å². The van der Waals surface area contributed by atoms with Crippen molar-refractivity contribution in [2.24, 2.45) is 5.73 Å². The molecule has 1 aromatic rings. The van der Waals surface area contributed by atoms with Crippen LogP contribution in [0.15, 0.2) is 28.7 Å². The second-order valence-electron chi connectivity index (χ2n) is 5.68. The molecule has 1 aliphatic rings. The lowest BCUT2D eigenvalue weighted by molar-refractivity contribution is -0.118. The summed E-state index contributed by atoms with van der Waals surface area (Å²) >= 11 is 3.35. The molecule has 0 aliphatic carbocycles. The van der Waals surface area contributed by atoms with E-state index in [2.05, 4.69) is 15.9 Å². The van der Waals surface area contributed by atoms with Gasteiger partial charge < -0.3 is 5.73 Å². The summed E-state index contributed by atoms with van der Waals surface area (Å²) in [6.45, 7) is 0.819. The number of halogens is 1. The van der Waals surface area contributed by atoms with Crippen molar-refractivity contribution in [1.82, 2.24) is 8.61 Å². The van der Waals surface area contributed by atoms with Crippen molar-refractivity contribution in [3.8, 4) is 0 Å². The molecule has 128 valence electrons. The lowest BCUT2D eigenvalue weighted by Gasteiger charge is -2.28. The van der Waals surface area contributed by atoms with E-state index in [1.165, 1.54) is 8.61 Å². The average Bonchev–Trinajstić information content (AvgIpc) is 2.78. The Morgan fingerprint density at radius 3 is 2.22 bits per heavy atom. The van der Waals surface area contributed by atoms with Crippen molar-refractivity contribution in [2.75, 3.05) is 19.6 Å². The molecule has 0 unspecified atom stereocenters. The summed E-state index contributed by atoms with van der Waals surface area (Å²) in [5.74, 6) is -0.652. The van der Waals surface area contributed by atoms with Gasteiger partial charge in [0.05, 0.1) is 6.54 Å². The Bertz CT molecular complexity index is 626. The molecule has 0 aromatic heterocycles. The fourth-order valence-electron chi connectivity index (χ4n) is 2.62. The molecule has 2 N–H and O–H groups in total. The van der Waals surface area contributed by atoms with E-state index < -0.39 is 16.1 Å². The SMILES string of the molecule is NC(=O)CN(Cc1ccc(Br)cc1)S(=O)(=O)N1CCCCCC1. The molecular formula is C15H22BrN3O3S. The zero-order valence-electron chi connectivity index (χ0n) is 12.9. The van der Waals surface area contributed by atoms with Crippen LogP contribution in [0.5, 0.6) is 0 Å². The van der Waals surface area contributed by atoms with Gasteiger partial charge in [0.25, 0.3) is 10.2 Å². The van der Waals surface area contributed by atoms with Gasteiger partial charge in [0.15, 0.2) is 0 Å². The van der Waals surface area contributed by atoms with Crippen LogP contribution in [0.25, 0.3) is 0 Å². The van der Waals surface area contributed by atoms with Gasteiger partial charge in [0, 0.05) is 24.1 Å². The highest BCUT2D eigenvalue weighted by Crippen LogP contribution is 2.19. The third kappa shape index (κ3) is 5.27. The number of benzene rings is 1. The summed E-state index contributed by atoms with van der Waals surface area (Å²) in [6.07, 6.45) is 3.77. The summed E-state index contributed by atoms with van der Waals surface area (Å²) in [5, 5.41) is 0. The highest BCUT2D eigenvalue weighted by Gasteiger charge is 2.31. The van der Waals surface area contributed by atoms with Crippen LogP contribution in [0.1, 0.15) is 31.2 Å². The number of amides is 1. The third-order valence-corrected chi connectivity index (χ3v) is 6.28. The number of nitrogens with two attached hydrogens (primary N) is 1. The number of nitrogens with zero attached hydrogens (tertiary/aromatic N) is 2. The van der Waals surface area contributed by atoms with Gasteiger partial charge in [-0.2, -0.15) is 17.0 Å².